The minimum absolute atomic E-state index is 0.0624. The van der Waals surface area contributed by atoms with Crippen LogP contribution in [-0.2, 0) is 9.47 Å². The summed E-state index contributed by atoms with van der Waals surface area (Å²) in [5.74, 6) is 0.240. The maximum absolute atomic E-state index is 12.2. The van der Waals surface area contributed by atoms with Crippen molar-refractivity contribution in [2.24, 2.45) is 11.7 Å². The van der Waals surface area contributed by atoms with Crippen molar-refractivity contribution in [1.29, 1.82) is 5.26 Å². The van der Waals surface area contributed by atoms with Gasteiger partial charge in [0.25, 0.3) is 0 Å². The summed E-state index contributed by atoms with van der Waals surface area (Å²) in [7, 11) is 0. The molecule has 0 atom stereocenters. The van der Waals surface area contributed by atoms with Crippen LogP contribution >= 0.6 is 0 Å². The van der Waals surface area contributed by atoms with Crippen molar-refractivity contribution in [2.45, 2.75) is 83.0 Å². The summed E-state index contributed by atoms with van der Waals surface area (Å²) in [5.41, 5.74) is 9.74. The number of aromatic nitrogens is 6. The van der Waals surface area contributed by atoms with Crippen LogP contribution in [0.25, 0.3) is 28.2 Å². The van der Waals surface area contributed by atoms with Crippen LogP contribution in [0, 0.1) is 17.2 Å². The van der Waals surface area contributed by atoms with E-state index in [1.165, 1.54) is 6.20 Å². The van der Waals surface area contributed by atoms with Gasteiger partial charge in [0.1, 0.15) is 17.4 Å². The van der Waals surface area contributed by atoms with Gasteiger partial charge < -0.3 is 25.8 Å². The number of hydrogen-bond donors (Lipinski definition) is 3. The number of nitrogens with two attached hydrogens (primary N) is 1. The standard InChI is InChI=1S/C32H38N10O4/c1-32(2,3)46-31(44)38-21-4-6-23(7-5-21)41-17-28(39-40-41)25-16-35-27(29-9-8-24-12-20(14-33)15-36-42(24)29)13-26(25)37-22-10-19(11-22)18-45-30(34)43/h8-9,12-13,15-17,19,21-23H,4-7,10-11,18H2,1-3H3,(H2,34,43)(H,35,37)(H,38,44). The summed E-state index contributed by atoms with van der Waals surface area (Å²) in [6, 6.07) is 10.1. The Balaban J connectivity index is 1.20. The molecule has 6 rings (SSSR count). The fourth-order valence-corrected chi connectivity index (χ4v) is 6.12. The molecule has 2 amide bonds. The van der Waals surface area contributed by atoms with Gasteiger partial charge in [-0.05, 0) is 89.5 Å². The lowest BCUT2D eigenvalue weighted by molar-refractivity contribution is 0.0487. The van der Waals surface area contributed by atoms with E-state index in [4.69, 9.17) is 20.2 Å². The Morgan fingerprint density at radius 1 is 1.09 bits per heavy atom. The lowest BCUT2D eigenvalue weighted by atomic mass is 9.80. The quantitative estimate of drug-likeness (QED) is 0.245. The molecule has 0 bridgehead atoms. The molecule has 46 heavy (non-hydrogen) atoms. The lowest BCUT2D eigenvalue weighted by Gasteiger charge is -2.36. The summed E-state index contributed by atoms with van der Waals surface area (Å²) in [5, 5.41) is 29.4. The number of fused-ring (bicyclic) bond motifs is 1. The van der Waals surface area contributed by atoms with Crippen LogP contribution in [0.2, 0.25) is 0 Å². The van der Waals surface area contributed by atoms with Gasteiger partial charge in [-0.1, -0.05) is 5.21 Å². The largest absolute Gasteiger partial charge is 0.449 e. The lowest BCUT2D eigenvalue weighted by Crippen LogP contribution is -2.41. The number of alkyl carbamates (subject to hydrolysis) is 1. The molecule has 2 aliphatic rings. The Bertz CT molecular complexity index is 1770. The smallest absolute Gasteiger partial charge is 0.407 e. The van der Waals surface area contributed by atoms with Crippen LogP contribution in [0.5, 0.6) is 0 Å². The van der Waals surface area contributed by atoms with E-state index in [2.05, 4.69) is 32.1 Å². The zero-order valence-electron chi connectivity index (χ0n) is 26.1. The number of amides is 2. The minimum Gasteiger partial charge on any atom is -0.449 e. The molecule has 2 fully saturated rings. The first-order chi connectivity index (χ1) is 22.0. The van der Waals surface area contributed by atoms with Gasteiger partial charge in [0.15, 0.2) is 0 Å². The SMILES string of the molecule is CC(C)(C)OC(=O)NC1CCC(n2cc(-c3cnc(-c4ccc5cc(C#N)cnn45)cc3NC3CC(COC(N)=O)C3)nn2)CC1. The minimum atomic E-state index is -0.761. The van der Waals surface area contributed by atoms with Crippen LogP contribution in [-0.4, -0.2) is 66.1 Å². The number of hydrogen-bond acceptors (Lipinski definition) is 10. The van der Waals surface area contributed by atoms with Gasteiger partial charge in [-0.3, -0.25) is 4.98 Å². The third-order valence-electron chi connectivity index (χ3n) is 8.43. The van der Waals surface area contributed by atoms with Gasteiger partial charge in [-0.2, -0.15) is 10.4 Å². The summed E-state index contributed by atoms with van der Waals surface area (Å²) in [6.45, 7) is 5.86. The average molecular weight is 627 g/mol. The maximum atomic E-state index is 12.2. The highest BCUT2D eigenvalue weighted by molar-refractivity contribution is 5.79. The molecule has 0 aromatic carbocycles. The molecule has 0 radical (unpaired) electrons. The molecule has 0 spiro atoms. The van der Waals surface area contributed by atoms with E-state index in [0.717, 1.165) is 61.0 Å². The second kappa shape index (κ2) is 12.7. The normalized spacial score (nSPS) is 21.2. The Labute approximate surface area is 266 Å². The number of ether oxygens (including phenoxy) is 2. The molecule has 4 N–H and O–H groups in total. The highest BCUT2D eigenvalue weighted by atomic mass is 16.6. The van der Waals surface area contributed by atoms with Crippen LogP contribution in [0.4, 0.5) is 15.3 Å². The fourth-order valence-electron chi connectivity index (χ4n) is 6.12. The summed E-state index contributed by atoms with van der Waals surface area (Å²) in [6.07, 6.45) is 9.13. The zero-order chi connectivity index (χ0) is 32.4. The monoisotopic (exact) mass is 626 g/mol. The topological polar surface area (TPSA) is 187 Å². The van der Waals surface area contributed by atoms with Gasteiger partial charge in [0.2, 0.25) is 0 Å². The van der Waals surface area contributed by atoms with Gasteiger partial charge in [0, 0.05) is 29.5 Å². The molecule has 2 saturated carbocycles. The van der Waals surface area contributed by atoms with Crippen LogP contribution < -0.4 is 16.4 Å². The predicted octanol–water partition coefficient (Wildman–Crippen LogP) is 4.82. The molecule has 240 valence electrons. The van der Waals surface area contributed by atoms with Crippen LogP contribution in [0.1, 0.15) is 70.9 Å². The number of nitriles is 1. The van der Waals surface area contributed by atoms with E-state index in [-0.39, 0.29) is 30.1 Å². The molecule has 0 unspecified atom stereocenters. The molecule has 14 nitrogen and oxygen atoms in total. The molecule has 4 aromatic rings. The molecular formula is C32H38N10O4. The molecule has 4 aromatic heterocycles. The van der Waals surface area contributed by atoms with E-state index < -0.39 is 11.7 Å². The molecule has 4 heterocycles. The molecule has 0 saturated heterocycles. The number of carbonyl (C=O) groups is 2. The highest BCUT2D eigenvalue weighted by Crippen LogP contribution is 2.37. The van der Waals surface area contributed by atoms with Crippen molar-refractivity contribution < 1.29 is 19.1 Å². The Morgan fingerprint density at radius 2 is 1.87 bits per heavy atom. The van der Waals surface area contributed by atoms with Crippen LogP contribution in [0.3, 0.4) is 0 Å². The maximum Gasteiger partial charge on any atom is 0.407 e. The summed E-state index contributed by atoms with van der Waals surface area (Å²) >= 11 is 0. The van der Waals surface area contributed by atoms with Crippen molar-refractivity contribution in [2.75, 3.05) is 11.9 Å². The number of rotatable bonds is 8. The number of pyridine rings is 1. The fraction of sp³-hybridized carbons (Fsp3) is 0.469. The van der Waals surface area contributed by atoms with Crippen molar-refractivity contribution >= 4 is 23.4 Å². The third-order valence-corrected chi connectivity index (χ3v) is 8.43. The first-order valence-corrected chi connectivity index (χ1v) is 15.5. The molecule has 2 aliphatic carbocycles. The van der Waals surface area contributed by atoms with Gasteiger partial charge in [-0.15, -0.1) is 5.10 Å². The van der Waals surface area contributed by atoms with Crippen molar-refractivity contribution in [3.05, 3.63) is 48.4 Å². The van der Waals surface area contributed by atoms with E-state index in [0.29, 0.717) is 23.6 Å². The first-order valence-electron chi connectivity index (χ1n) is 15.5. The Hall–Kier alpha value is -5.19. The van der Waals surface area contributed by atoms with Gasteiger partial charge in [-0.25, -0.2) is 18.8 Å². The summed E-state index contributed by atoms with van der Waals surface area (Å²) < 4.78 is 14.1. The van der Waals surface area contributed by atoms with Gasteiger partial charge >= 0.3 is 12.2 Å². The van der Waals surface area contributed by atoms with E-state index in [1.807, 2.05) is 49.8 Å². The molecular weight excluding hydrogens is 588 g/mol. The number of primary amides is 1. The Kier molecular flexibility index (Phi) is 8.48. The second-order valence-electron chi connectivity index (χ2n) is 13.1. The first kappa shape index (κ1) is 30.8. The van der Waals surface area contributed by atoms with E-state index in [9.17, 15) is 14.9 Å². The van der Waals surface area contributed by atoms with Crippen LogP contribution in [0.15, 0.2) is 42.9 Å². The third kappa shape index (κ3) is 7.03. The number of nitrogens with one attached hydrogen (secondary N) is 2. The summed E-state index contributed by atoms with van der Waals surface area (Å²) in [4.78, 5) is 28.0. The number of nitrogens with zero attached hydrogens (tertiary/aromatic N) is 7. The average Bonchev–Trinajstić information content (AvgIpc) is 3.65. The highest BCUT2D eigenvalue weighted by Gasteiger charge is 2.31. The molecule has 0 aliphatic heterocycles. The Morgan fingerprint density at radius 3 is 2.59 bits per heavy atom. The van der Waals surface area contributed by atoms with Crippen molar-refractivity contribution in [3.8, 4) is 28.7 Å². The van der Waals surface area contributed by atoms with Gasteiger partial charge in [0.05, 0.1) is 47.5 Å². The molecule has 14 heteroatoms. The van der Waals surface area contributed by atoms with Crippen molar-refractivity contribution in [1.82, 2.24) is 34.9 Å². The zero-order valence-corrected chi connectivity index (χ0v) is 26.1. The predicted molar refractivity (Wildman–Crippen MR) is 168 cm³/mol. The second-order valence-corrected chi connectivity index (χ2v) is 13.1. The van der Waals surface area contributed by atoms with E-state index in [1.54, 1.807) is 16.8 Å². The van der Waals surface area contributed by atoms with Crippen molar-refractivity contribution in [3.63, 3.8) is 0 Å². The number of carbonyl (C=O) groups excluding carboxylic acids is 2. The number of anilines is 1. The van der Waals surface area contributed by atoms with E-state index >= 15 is 0 Å².